The Kier molecular flexibility index (Phi) is 4.45. The number of likely N-dealkylation sites (N-methyl/N-ethyl adjacent to an activating group) is 1. The predicted molar refractivity (Wildman–Crippen MR) is 87.6 cm³/mol. The molecule has 0 aliphatic carbocycles. The van der Waals surface area contributed by atoms with Gasteiger partial charge in [-0.25, -0.2) is 4.98 Å². The number of rotatable bonds is 4. The van der Waals surface area contributed by atoms with Crippen molar-refractivity contribution in [1.29, 1.82) is 0 Å². The third kappa shape index (κ3) is 3.06. The van der Waals surface area contributed by atoms with Crippen LogP contribution in [0, 0.1) is 0 Å². The second-order valence-corrected chi connectivity index (χ2v) is 6.64. The molecule has 0 radical (unpaired) electrons. The molecule has 0 aromatic carbocycles. The standard InChI is InChI=1S/C17H28N4/c1-3-14(18)11-13-5-4-9-19-17(13)21-10-8-15-6-7-16(12-21)20(15)2/h4-5,9,14-16H,3,6-8,10-12,18H2,1-2H3. The first-order valence-corrected chi connectivity index (χ1v) is 8.35. The van der Waals surface area contributed by atoms with Crippen molar-refractivity contribution in [1.82, 2.24) is 9.88 Å². The van der Waals surface area contributed by atoms with Gasteiger partial charge in [0, 0.05) is 37.4 Å². The summed E-state index contributed by atoms with van der Waals surface area (Å²) in [6.07, 6.45) is 7.81. The summed E-state index contributed by atoms with van der Waals surface area (Å²) in [6, 6.07) is 5.93. The van der Waals surface area contributed by atoms with Crippen molar-refractivity contribution in [2.45, 2.75) is 57.2 Å². The van der Waals surface area contributed by atoms with E-state index in [0.717, 1.165) is 32.0 Å². The normalized spacial score (nSPS) is 27.7. The van der Waals surface area contributed by atoms with Crippen LogP contribution < -0.4 is 10.6 Å². The van der Waals surface area contributed by atoms with Gasteiger partial charge in [0.25, 0.3) is 0 Å². The Morgan fingerprint density at radius 2 is 2.14 bits per heavy atom. The Hall–Kier alpha value is -1.13. The molecule has 0 spiro atoms. The quantitative estimate of drug-likeness (QED) is 0.921. The number of anilines is 1. The van der Waals surface area contributed by atoms with Gasteiger partial charge in [-0.3, -0.25) is 4.90 Å². The lowest BCUT2D eigenvalue weighted by Crippen LogP contribution is -2.37. The molecular weight excluding hydrogens is 260 g/mol. The molecule has 3 atom stereocenters. The molecule has 4 nitrogen and oxygen atoms in total. The molecule has 2 fully saturated rings. The SMILES string of the molecule is CCC(N)Cc1cccnc1N1CCC2CCC(C1)N2C. The maximum atomic E-state index is 6.16. The minimum absolute atomic E-state index is 0.235. The number of hydrogen-bond acceptors (Lipinski definition) is 4. The van der Waals surface area contributed by atoms with E-state index in [2.05, 4.69) is 29.8 Å². The van der Waals surface area contributed by atoms with Gasteiger partial charge in [-0.2, -0.15) is 0 Å². The van der Waals surface area contributed by atoms with Crippen LogP contribution in [0.4, 0.5) is 5.82 Å². The highest BCUT2D eigenvalue weighted by molar-refractivity contribution is 5.47. The molecule has 2 N–H and O–H groups in total. The van der Waals surface area contributed by atoms with E-state index in [1.807, 2.05) is 12.3 Å². The Morgan fingerprint density at radius 1 is 1.33 bits per heavy atom. The molecule has 1 aromatic rings. The minimum Gasteiger partial charge on any atom is -0.355 e. The number of hydrogen-bond donors (Lipinski definition) is 1. The van der Waals surface area contributed by atoms with Crippen molar-refractivity contribution >= 4 is 5.82 Å². The monoisotopic (exact) mass is 288 g/mol. The van der Waals surface area contributed by atoms with Crippen molar-refractivity contribution in [2.24, 2.45) is 5.73 Å². The van der Waals surface area contributed by atoms with Crippen molar-refractivity contribution in [2.75, 3.05) is 25.0 Å². The summed E-state index contributed by atoms with van der Waals surface area (Å²) in [5.41, 5.74) is 7.47. The fraction of sp³-hybridized carbons (Fsp3) is 0.706. The van der Waals surface area contributed by atoms with Gasteiger partial charge in [-0.1, -0.05) is 13.0 Å². The second kappa shape index (κ2) is 6.32. The Morgan fingerprint density at radius 3 is 2.95 bits per heavy atom. The topological polar surface area (TPSA) is 45.4 Å². The summed E-state index contributed by atoms with van der Waals surface area (Å²) in [5, 5.41) is 0. The molecule has 3 unspecified atom stereocenters. The number of nitrogens with two attached hydrogens (primary N) is 1. The molecule has 116 valence electrons. The Balaban J connectivity index is 1.80. The van der Waals surface area contributed by atoms with E-state index in [9.17, 15) is 0 Å². The van der Waals surface area contributed by atoms with Crippen LogP contribution in [0.15, 0.2) is 18.3 Å². The van der Waals surface area contributed by atoms with Gasteiger partial charge in [0.1, 0.15) is 5.82 Å². The van der Waals surface area contributed by atoms with Gasteiger partial charge >= 0.3 is 0 Å². The van der Waals surface area contributed by atoms with Gasteiger partial charge in [0.15, 0.2) is 0 Å². The van der Waals surface area contributed by atoms with Crippen LogP contribution >= 0.6 is 0 Å². The number of nitrogens with zero attached hydrogens (tertiary/aromatic N) is 3. The van der Waals surface area contributed by atoms with Crippen molar-refractivity contribution < 1.29 is 0 Å². The fourth-order valence-electron chi connectivity index (χ4n) is 3.80. The number of fused-ring (bicyclic) bond motifs is 2. The first kappa shape index (κ1) is 14.8. The molecule has 2 aliphatic rings. The highest BCUT2D eigenvalue weighted by Gasteiger charge is 2.35. The maximum absolute atomic E-state index is 6.16. The molecule has 0 saturated carbocycles. The molecule has 2 bridgehead atoms. The van der Waals surface area contributed by atoms with E-state index in [-0.39, 0.29) is 6.04 Å². The van der Waals surface area contributed by atoms with Gasteiger partial charge < -0.3 is 10.6 Å². The summed E-state index contributed by atoms with van der Waals surface area (Å²) in [6.45, 7) is 4.38. The van der Waals surface area contributed by atoms with Gasteiger partial charge in [-0.05, 0) is 50.8 Å². The molecule has 3 heterocycles. The summed E-state index contributed by atoms with van der Waals surface area (Å²) < 4.78 is 0. The molecular formula is C17H28N4. The minimum atomic E-state index is 0.235. The second-order valence-electron chi connectivity index (χ2n) is 6.64. The summed E-state index contributed by atoms with van der Waals surface area (Å²) >= 11 is 0. The lowest BCUT2D eigenvalue weighted by molar-refractivity contribution is 0.254. The van der Waals surface area contributed by atoms with Crippen LogP contribution in [0.2, 0.25) is 0 Å². The zero-order chi connectivity index (χ0) is 14.8. The van der Waals surface area contributed by atoms with Crippen LogP contribution in [0.5, 0.6) is 0 Å². The molecule has 4 heteroatoms. The average Bonchev–Trinajstić information content (AvgIpc) is 2.73. The molecule has 2 aliphatic heterocycles. The van der Waals surface area contributed by atoms with Crippen molar-refractivity contribution in [3.63, 3.8) is 0 Å². The smallest absolute Gasteiger partial charge is 0.131 e. The highest BCUT2D eigenvalue weighted by Crippen LogP contribution is 2.31. The van der Waals surface area contributed by atoms with Crippen LogP contribution in [0.1, 0.15) is 38.2 Å². The first-order valence-electron chi connectivity index (χ1n) is 8.35. The zero-order valence-electron chi connectivity index (χ0n) is 13.3. The molecule has 0 amide bonds. The van der Waals surface area contributed by atoms with Crippen LogP contribution in [0.3, 0.4) is 0 Å². The van der Waals surface area contributed by atoms with E-state index >= 15 is 0 Å². The van der Waals surface area contributed by atoms with Crippen LogP contribution in [-0.4, -0.2) is 48.1 Å². The van der Waals surface area contributed by atoms with Gasteiger partial charge in [-0.15, -0.1) is 0 Å². The lowest BCUT2D eigenvalue weighted by atomic mass is 10.0. The van der Waals surface area contributed by atoms with Gasteiger partial charge in [0.05, 0.1) is 0 Å². The fourth-order valence-corrected chi connectivity index (χ4v) is 3.80. The van der Waals surface area contributed by atoms with E-state index in [4.69, 9.17) is 10.7 Å². The highest BCUT2D eigenvalue weighted by atomic mass is 15.3. The van der Waals surface area contributed by atoms with E-state index in [0.29, 0.717) is 6.04 Å². The van der Waals surface area contributed by atoms with Crippen molar-refractivity contribution in [3.05, 3.63) is 23.9 Å². The first-order chi connectivity index (χ1) is 10.2. The Labute approximate surface area is 128 Å². The molecule has 2 saturated heterocycles. The third-order valence-corrected chi connectivity index (χ3v) is 5.32. The number of aromatic nitrogens is 1. The van der Waals surface area contributed by atoms with E-state index < -0.39 is 0 Å². The van der Waals surface area contributed by atoms with E-state index in [1.165, 1.54) is 30.6 Å². The molecule has 3 rings (SSSR count). The molecule has 21 heavy (non-hydrogen) atoms. The van der Waals surface area contributed by atoms with Crippen molar-refractivity contribution in [3.8, 4) is 0 Å². The van der Waals surface area contributed by atoms with E-state index in [1.54, 1.807) is 0 Å². The van der Waals surface area contributed by atoms with Crippen LogP contribution in [0.25, 0.3) is 0 Å². The summed E-state index contributed by atoms with van der Waals surface area (Å²) in [4.78, 5) is 9.77. The van der Waals surface area contributed by atoms with Gasteiger partial charge in [0.2, 0.25) is 0 Å². The Bertz CT molecular complexity index is 476. The predicted octanol–water partition coefficient (Wildman–Crippen LogP) is 2.03. The molecule has 1 aromatic heterocycles. The summed E-state index contributed by atoms with van der Waals surface area (Å²) in [7, 11) is 2.29. The van der Waals surface area contributed by atoms with Crippen LogP contribution in [-0.2, 0) is 6.42 Å². The largest absolute Gasteiger partial charge is 0.355 e. The lowest BCUT2D eigenvalue weighted by Gasteiger charge is -2.28. The maximum Gasteiger partial charge on any atom is 0.131 e. The zero-order valence-corrected chi connectivity index (χ0v) is 13.3. The average molecular weight is 288 g/mol. The number of pyridine rings is 1. The summed E-state index contributed by atoms with van der Waals surface area (Å²) in [5.74, 6) is 1.17. The third-order valence-electron chi connectivity index (χ3n) is 5.32.